The molecule has 2 unspecified atom stereocenters. The summed E-state index contributed by atoms with van der Waals surface area (Å²) in [6.07, 6.45) is 0. The highest BCUT2D eigenvalue weighted by molar-refractivity contribution is 9.10. The van der Waals surface area contributed by atoms with E-state index >= 15 is 0 Å². The summed E-state index contributed by atoms with van der Waals surface area (Å²) >= 11 is 3.75. The molecule has 1 heterocycles. The Morgan fingerprint density at radius 3 is 2.33 bits per heavy atom. The van der Waals surface area contributed by atoms with Crippen LogP contribution in [0.4, 0.5) is 0 Å². The molecule has 1 aromatic carbocycles. The number of hydrogen-bond donors (Lipinski definition) is 1. The van der Waals surface area contributed by atoms with Crippen LogP contribution in [0.15, 0.2) is 22.7 Å². The second kappa shape index (κ2) is 6.80. The van der Waals surface area contributed by atoms with E-state index in [4.69, 9.17) is 0 Å². The second-order valence-corrected chi connectivity index (χ2v) is 8.53. The maximum Gasteiger partial charge on any atom is 0.0245 e. The highest BCUT2D eigenvalue weighted by atomic mass is 79.9. The van der Waals surface area contributed by atoms with Gasteiger partial charge in [-0.1, -0.05) is 41.9 Å². The minimum absolute atomic E-state index is 0.160. The van der Waals surface area contributed by atoms with Crippen molar-refractivity contribution in [1.29, 1.82) is 0 Å². The monoisotopic (exact) mass is 352 g/mol. The highest BCUT2D eigenvalue weighted by Crippen LogP contribution is 2.26. The van der Waals surface area contributed by atoms with Crippen molar-refractivity contribution in [3.8, 4) is 0 Å². The Bertz CT molecular complexity index is 469. The maximum atomic E-state index is 3.75. The van der Waals surface area contributed by atoms with Crippen molar-refractivity contribution >= 4 is 15.9 Å². The molecule has 2 rings (SSSR count). The van der Waals surface area contributed by atoms with Crippen LogP contribution in [0.3, 0.4) is 0 Å². The van der Waals surface area contributed by atoms with Crippen molar-refractivity contribution in [2.75, 3.05) is 13.1 Å². The van der Waals surface area contributed by atoms with Crippen LogP contribution in [-0.4, -0.2) is 23.5 Å². The van der Waals surface area contributed by atoms with Gasteiger partial charge < -0.3 is 5.32 Å². The van der Waals surface area contributed by atoms with Crippen LogP contribution >= 0.6 is 15.9 Å². The fraction of sp³-hybridized carbons (Fsp3) is 0.667. The van der Waals surface area contributed by atoms with E-state index in [9.17, 15) is 0 Å². The Hall–Kier alpha value is -0.380. The Labute approximate surface area is 138 Å². The van der Waals surface area contributed by atoms with E-state index in [0.717, 1.165) is 24.9 Å². The number of likely N-dealkylation sites (tertiary alicyclic amines) is 1. The molecule has 2 atom stereocenters. The van der Waals surface area contributed by atoms with E-state index in [1.54, 1.807) is 0 Å². The molecule has 3 heteroatoms. The Balaban J connectivity index is 1.96. The predicted octanol–water partition coefficient (Wildman–Crippen LogP) is 4.43. The number of nitrogens with one attached hydrogen (secondary N) is 1. The van der Waals surface area contributed by atoms with Gasteiger partial charge in [-0.25, -0.2) is 0 Å². The van der Waals surface area contributed by atoms with E-state index in [0.29, 0.717) is 0 Å². The molecule has 0 saturated carbocycles. The number of benzene rings is 1. The molecule has 0 spiro atoms. The quantitative estimate of drug-likeness (QED) is 0.862. The third-order valence-corrected chi connectivity index (χ3v) is 5.14. The minimum Gasteiger partial charge on any atom is -0.308 e. The Morgan fingerprint density at radius 2 is 1.81 bits per heavy atom. The van der Waals surface area contributed by atoms with Crippen molar-refractivity contribution in [3.05, 3.63) is 33.8 Å². The van der Waals surface area contributed by atoms with Gasteiger partial charge in [0.2, 0.25) is 0 Å². The zero-order valence-corrected chi connectivity index (χ0v) is 15.6. The Kier molecular flexibility index (Phi) is 5.50. The minimum atomic E-state index is 0.160. The van der Waals surface area contributed by atoms with Gasteiger partial charge in [0.05, 0.1) is 0 Å². The summed E-state index contributed by atoms with van der Waals surface area (Å²) in [7, 11) is 0. The summed E-state index contributed by atoms with van der Waals surface area (Å²) in [5.41, 5.74) is 2.90. The summed E-state index contributed by atoms with van der Waals surface area (Å²) in [5, 5.41) is 3.54. The molecule has 0 amide bonds. The lowest BCUT2D eigenvalue weighted by Gasteiger charge is -2.21. The van der Waals surface area contributed by atoms with E-state index in [1.807, 2.05) is 0 Å². The molecule has 21 heavy (non-hydrogen) atoms. The van der Waals surface area contributed by atoms with Gasteiger partial charge in [0.25, 0.3) is 0 Å². The zero-order chi connectivity index (χ0) is 15.6. The van der Waals surface area contributed by atoms with Gasteiger partial charge in [0.15, 0.2) is 0 Å². The first-order valence-corrected chi connectivity index (χ1v) is 8.78. The summed E-state index contributed by atoms with van der Waals surface area (Å²) in [6, 6.07) is 6.79. The summed E-state index contributed by atoms with van der Waals surface area (Å²) < 4.78 is 1.24. The van der Waals surface area contributed by atoms with E-state index in [2.05, 4.69) is 79.0 Å². The second-order valence-electron chi connectivity index (χ2n) is 7.68. The summed E-state index contributed by atoms with van der Waals surface area (Å²) in [5.74, 6) is 1.64. The van der Waals surface area contributed by atoms with Crippen LogP contribution in [0.1, 0.15) is 45.7 Å². The van der Waals surface area contributed by atoms with E-state index in [1.165, 1.54) is 28.7 Å². The highest BCUT2D eigenvalue weighted by Gasteiger charge is 2.26. The fourth-order valence-corrected chi connectivity index (χ4v) is 3.37. The molecule has 1 N–H and O–H groups in total. The van der Waals surface area contributed by atoms with Gasteiger partial charge in [0, 0.05) is 36.2 Å². The lowest BCUT2D eigenvalue weighted by atomic mass is 10.0. The molecule has 0 aromatic heterocycles. The van der Waals surface area contributed by atoms with Crippen molar-refractivity contribution in [2.45, 2.75) is 53.2 Å². The average molecular weight is 353 g/mol. The predicted molar refractivity (Wildman–Crippen MR) is 94.3 cm³/mol. The molecule has 1 fully saturated rings. The topological polar surface area (TPSA) is 15.3 Å². The number of hydrogen-bond acceptors (Lipinski definition) is 2. The molecule has 2 nitrogen and oxygen atoms in total. The third-order valence-electron chi connectivity index (χ3n) is 4.40. The molecule has 0 radical (unpaired) electrons. The third kappa shape index (κ3) is 5.08. The summed E-state index contributed by atoms with van der Waals surface area (Å²) in [4.78, 5) is 2.57. The maximum absolute atomic E-state index is 3.75. The molecule has 118 valence electrons. The summed E-state index contributed by atoms with van der Waals surface area (Å²) in [6.45, 7) is 15.7. The fourth-order valence-electron chi connectivity index (χ4n) is 2.82. The normalized spacial score (nSPS) is 23.7. The van der Waals surface area contributed by atoms with Crippen molar-refractivity contribution < 1.29 is 0 Å². The van der Waals surface area contributed by atoms with Crippen LogP contribution < -0.4 is 5.32 Å². The zero-order valence-electron chi connectivity index (χ0n) is 14.0. The van der Waals surface area contributed by atoms with Gasteiger partial charge in [-0.2, -0.15) is 0 Å². The number of nitrogens with zero attached hydrogens (tertiary/aromatic N) is 1. The first kappa shape index (κ1) is 17.0. The van der Waals surface area contributed by atoms with Crippen LogP contribution in [0.2, 0.25) is 0 Å². The van der Waals surface area contributed by atoms with Crippen LogP contribution in [0.5, 0.6) is 0 Å². The SMILES string of the molecule is CC1CN(Cc2ccc(CNC(C)(C)C)cc2Br)CC1C. The van der Waals surface area contributed by atoms with E-state index in [-0.39, 0.29) is 5.54 Å². The number of rotatable bonds is 4. The smallest absolute Gasteiger partial charge is 0.0245 e. The number of halogens is 1. The van der Waals surface area contributed by atoms with E-state index < -0.39 is 0 Å². The molecule has 1 aromatic rings. The molecular formula is C18H29BrN2. The molecule has 0 bridgehead atoms. The standard InChI is InChI=1S/C18H29BrN2/c1-13-10-21(11-14(13)2)12-16-7-6-15(8-17(16)19)9-20-18(3,4)5/h6-8,13-14,20H,9-12H2,1-5H3. The van der Waals surface area contributed by atoms with Crippen molar-refractivity contribution in [1.82, 2.24) is 10.2 Å². The lowest BCUT2D eigenvalue weighted by molar-refractivity contribution is 0.315. The van der Waals surface area contributed by atoms with Gasteiger partial charge >= 0.3 is 0 Å². The molecular weight excluding hydrogens is 324 g/mol. The van der Waals surface area contributed by atoms with Crippen LogP contribution in [0.25, 0.3) is 0 Å². The first-order valence-electron chi connectivity index (χ1n) is 7.99. The Morgan fingerprint density at radius 1 is 1.19 bits per heavy atom. The van der Waals surface area contributed by atoms with Crippen molar-refractivity contribution in [3.63, 3.8) is 0 Å². The lowest BCUT2D eigenvalue weighted by Crippen LogP contribution is -2.35. The molecule has 1 saturated heterocycles. The van der Waals surface area contributed by atoms with Gasteiger partial charge in [-0.15, -0.1) is 0 Å². The average Bonchev–Trinajstić information content (AvgIpc) is 2.68. The molecule has 1 aliphatic rings. The molecule has 1 aliphatic heterocycles. The van der Waals surface area contributed by atoms with Crippen LogP contribution in [0, 0.1) is 11.8 Å². The van der Waals surface area contributed by atoms with Crippen molar-refractivity contribution in [2.24, 2.45) is 11.8 Å². The van der Waals surface area contributed by atoms with Crippen LogP contribution in [-0.2, 0) is 13.1 Å². The van der Waals surface area contributed by atoms with Gasteiger partial charge in [-0.05, 0) is 49.8 Å². The van der Waals surface area contributed by atoms with Gasteiger partial charge in [0.1, 0.15) is 0 Å². The first-order chi connectivity index (χ1) is 9.74. The largest absolute Gasteiger partial charge is 0.308 e. The molecule has 0 aliphatic carbocycles. The van der Waals surface area contributed by atoms with Gasteiger partial charge in [-0.3, -0.25) is 4.90 Å².